The quantitative estimate of drug-likeness (QED) is 0.264. The summed E-state index contributed by atoms with van der Waals surface area (Å²) in [5.41, 5.74) is 3.07. The number of amides is 1. The molecule has 8 nitrogen and oxygen atoms in total. The number of nitrogens with zero attached hydrogens (tertiary/aromatic N) is 2. The van der Waals surface area contributed by atoms with Crippen LogP contribution in [0.25, 0.3) is 0 Å². The second-order valence-electron chi connectivity index (χ2n) is 7.26. The molecule has 0 fully saturated rings. The first kappa shape index (κ1) is 27.3. The molecule has 0 spiro atoms. The normalized spacial score (nSPS) is 11.3. The van der Waals surface area contributed by atoms with Crippen molar-refractivity contribution in [2.45, 2.75) is 18.7 Å². The molecule has 11 heteroatoms. The van der Waals surface area contributed by atoms with Gasteiger partial charge in [-0.1, -0.05) is 47.5 Å². The van der Waals surface area contributed by atoms with Gasteiger partial charge in [-0.05, 0) is 61.9 Å². The number of hydrogen-bond donors (Lipinski definition) is 1. The first-order valence-electron chi connectivity index (χ1n) is 11.0. The molecule has 1 N–H and O–H groups in total. The van der Waals surface area contributed by atoms with E-state index in [0.29, 0.717) is 30.3 Å². The van der Waals surface area contributed by atoms with Gasteiger partial charge in [0.25, 0.3) is 15.9 Å². The highest BCUT2D eigenvalue weighted by Crippen LogP contribution is 2.35. The summed E-state index contributed by atoms with van der Waals surface area (Å²) in [6.07, 6.45) is 1.42. The highest BCUT2D eigenvalue weighted by molar-refractivity contribution is 7.92. The van der Waals surface area contributed by atoms with Crippen molar-refractivity contribution in [2.75, 3.05) is 24.1 Å². The molecule has 0 atom stereocenters. The number of benzene rings is 3. The number of carbonyl (C=O) groups is 1. The average molecular weight is 550 g/mol. The Bertz CT molecular complexity index is 1330. The number of ether oxygens (including phenoxy) is 2. The van der Waals surface area contributed by atoms with E-state index in [0.717, 1.165) is 4.31 Å². The Labute approximate surface area is 220 Å². The van der Waals surface area contributed by atoms with E-state index in [9.17, 15) is 13.2 Å². The monoisotopic (exact) mass is 549 g/mol. The number of hydrazone groups is 1. The smallest absolute Gasteiger partial charge is 0.264 e. The van der Waals surface area contributed by atoms with E-state index < -0.39 is 22.5 Å². The fourth-order valence-electron chi connectivity index (χ4n) is 3.20. The fourth-order valence-corrected chi connectivity index (χ4v) is 5.10. The molecule has 0 saturated heterocycles. The van der Waals surface area contributed by atoms with Gasteiger partial charge in [0.2, 0.25) is 0 Å². The number of nitrogens with one attached hydrogen (secondary N) is 1. The van der Waals surface area contributed by atoms with Gasteiger partial charge >= 0.3 is 0 Å². The molecule has 0 aliphatic carbocycles. The highest BCUT2D eigenvalue weighted by atomic mass is 35.5. The lowest BCUT2D eigenvalue weighted by molar-refractivity contribution is -0.119. The fraction of sp³-hybridized carbons (Fsp3) is 0.200. The zero-order valence-electron chi connectivity index (χ0n) is 19.6. The van der Waals surface area contributed by atoms with Crippen LogP contribution in [0.5, 0.6) is 11.5 Å². The first-order chi connectivity index (χ1) is 17.3. The van der Waals surface area contributed by atoms with Gasteiger partial charge in [-0.25, -0.2) is 13.8 Å². The van der Waals surface area contributed by atoms with Crippen LogP contribution in [0.3, 0.4) is 0 Å². The van der Waals surface area contributed by atoms with E-state index in [1.54, 1.807) is 42.5 Å². The minimum absolute atomic E-state index is 0.00446. The molecule has 3 aromatic carbocycles. The molecule has 36 heavy (non-hydrogen) atoms. The Kier molecular flexibility index (Phi) is 9.58. The molecule has 3 aromatic rings. The van der Waals surface area contributed by atoms with Crippen LogP contribution in [-0.2, 0) is 14.8 Å². The van der Waals surface area contributed by atoms with Gasteiger partial charge in [-0.15, -0.1) is 0 Å². The third-order valence-corrected chi connectivity index (χ3v) is 7.37. The van der Waals surface area contributed by atoms with Crippen molar-refractivity contribution in [3.8, 4) is 11.5 Å². The van der Waals surface area contributed by atoms with E-state index in [4.69, 9.17) is 32.7 Å². The van der Waals surface area contributed by atoms with Gasteiger partial charge in [-0.2, -0.15) is 5.10 Å². The van der Waals surface area contributed by atoms with E-state index in [-0.39, 0.29) is 20.6 Å². The van der Waals surface area contributed by atoms with Crippen LogP contribution >= 0.6 is 23.2 Å². The summed E-state index contributed by atoms with van der Waals surface area (Å²) >= 11 is 12.4. The maximum Gasteiger partial charge on any atom is 0.264 e. The van der Waals surface area contributed by atoms with Crippen molar-refractivity contribution >= 4 is 51.0 Å². The van der Waals surface area contributed by atoms with Crippen LogP contribution in [0.15, 0.2) is 76.7 Å². The summed E-state index contributed by atoms with van der Waals surface area (Å²) in [5, 5.41) is 4.12. The van der Waals surface area contributed by atoms with Gasteiger partial charge in [0.1, 0.15) is 6.54 Å². The van der Waals surface area contributed by atoms with Gasteiger partial charge in [0, 0.05) is 0 Å². The lowest BCUT2D eigenvalue weighted by atomic mass is 10.2. The molecule has 0 bridgehead atoms. The largest absolute Gasteiger partial charge is 0.490 e. The molecule has 0 aliphatic heterocycles. The minimum Gasteiger partial charge on any atom is -0.490 e. The predicted octanol–water partition coefficient (Wildman–Crippen LogP) is 5.14. The molecular weight excluding hydrogens is 525 g/mol. The summed E-state index contributed by atoms with van der Waals surface area (Å²) in [6.45, 7) is 4.09. The third kappa shape index (κ3) is 6.69. The molecule has 190 valence electrons. The number of halogens is 2. The van der Waals surface area contributed by atoms with Crippen LogP contribution < -0.4 is 19.2 Å². The van der Waals surface area contributed by atoms with Gasteiger partial charge < -0.3 is 9.47 Å². The van der Waals surface area contributed by atoms with Gasteiger partial charge in [-0.3, -0.25) is 9.10 Å². The molecule has 0 unspecified atom stereocenters. The number of carbonyl (C=O) groups excluding carboxylic acids is 1. The number of rotatable bonds is 11. The van der Waals surface area contributed by atoms with Crippen molar-refractivity contribution in [3.05, 3.63) is 82.3 Å². The van der Waals surface area contributed by atoms with E-state index >= 15 is 0 Å². The van der Waals surface area contributed by atoms with E-state index in [1.165, 1.54) is 30.5 Å². The molecule has 0 heterocycles. The van der Waals surface area contributed by atoms with E-state index in [2.05, 4.69) is 10.5 Å². The van der Waals surface area contributed by atoms with Gasteiger partial charge in [0.15, 0.2) is 11.5 Å². The van der Waals surface area contributed by atoms with Crippen molar-refractivity contribution in [2.24, 2.45) is 5.10 Å². The Morgan fingerprint density at radius 2 is 1.67 bits per heavy atom. The lowest BCUT2D eigenvalue weighted by Gasteiger charge is -2.24. The van der Waals surface area contributed by atoms with Gasteiger partial charge in [0.05, 0.1) is 40.1 Å². The average Bonchev–Trinajstić information content (AvgIpc) is 2.87. The summed E-state index contributed by atoms with van der Waals surface area (Å²) in [7, 11) is -4.14. The number of hydrogen-bond acceptors (Lipinski definition) is 6. The number of anilines is 1. The maximum absolute atomic E-state index is 13.4. The standard InChI is InChI=1S/C25H25Cl2N3O5S/c1-3-34-22-14-13-18(15-23(22)35-4-2)16-28-29-24(31)17-30(21-12-8-11-20(26)25(21)27)36(32,33)19-9-6-5-7-10-19/h5-16H,3-4,17H2,1-2H3,(H,29,31)/b28-16-. The Hall–Kier alpha value is -3.27. The summed E-state index contributed by atoms with van der Waals surface area (Å²) < 4.78 is 38.8. The van der Waals surface area contributed by atoms with E-state index in [1.807, 2.05) is 13.8 Å². The lowest BCUT2D eigenvalue weighted by Crippen LogP contribution is -2.39. The summed E-state index contributed by atoms with van der Waals surface area (Å²) in [4.78, 5) is 12.7. The molecule has 0 saturated carbocycles. The second kappa shape index (κ2) is 12.6. The first-order valence-corrected chi connectivity index (χ1v) is 13.2. The zero-order valence-corrected chi connectivity index (χ0v) is 22.0. The molecule has 0 aromatic heterocycles. The van der Waals surface area contributed by atoms with Crippen LogP contribution in [-0.4, -0.2) is 40.3 Å². The topological polar surface area (TPSA) is 97.3 Å². The molecule has 3 rings (SSSR count). The SMILES string of the molecule is CCOc1ccc(/C=N\NC(=O)CN(c2cccc(Cl)c2Cl)S(=O)(=O)c2ccccc2)cc1OCC. The van der Waals surface area contributed by atoms with Crippen LogP contribution in [0.4, 0.5) is 5.69 Å². The molecular formula is C25H25Cl2N3O5S. The van der Waals surface area contributed by atoms with Crippen molar-refractivity contribution in [1.29, 1.82) is 0 Å². The number of sulfonamides is 1. The van der Waals surface area contributed by atoms with Crippen LogP contribution in [0.1, 0.15) is 19.4 Å². The summed E-state index contributed by atoms with van der Waals surface area (Å²) in [5.74, 6) is 0.462. The Balaban J connectivity index is 1.83. The van der Waals surface area contributed by atoms with Crippen LogP contribution in [0.2, 0.25) is 10.0 Å². The molecule has 1 amide bonds. The maximum atomic E-state index is 13.4. The predicted molar refractivity (Wildman–Crippen MR) is 142 cm³/mol. The van der Waals surface area contributed by atoms with Crippen molar-refractivity contribution in [1.82, 2.24) is 5.43 Å². The Morgan fingerprint density at radius 3 is 2.36 bits per heavy atom. The summed E-state index contributed by atoms with van der Waals surface area (Å²) in [6, 6.07) is 17.5. The zero-order chi connectivity index (χ0) is 26.1. The molecule has 0 radical (unpaired) electrons. The molecule has 0 aliphatic rings. The highest BCUT2D eigenvalue weighted by Gasteiger charge is 2.29. The Morgan fingerprint density at radius 1 is 0.972 bits per heavy atom. The van der Waals surface area contributed by atoms with Crippen molar-refractivity contribution < 1.29 is 22.7 Å². The van der Waals surface area contributed by atoms with Crippen molar-refractivity contribution in [3.63, 3.8) is 0 Å². The van der Waals surface area contributed by atoms with Crippen LogP contribution in [0, 0.1) is 0 Å². The third-order valence-electron chi connectivity index (χ3n) is 4.79. The second-order valence-corrected chi connectivity index (χ2v) is 9.91. The minimum atomic E-state index is -4.14.